The first kappa shape index (κ1) is 18.1. The molecule has 0 aromatic carbocycles. The van der Waals surface area contributed by atoms with Gasteiger partial charge in [-0.25, -0.2) is 0 Å². The summed E-state index contributed by atoms with van der Waals surface area (Å²) in [6, 6.07) is 0. The van der Waals surface area contributed by atoms with E-state index in [2.05, 4.69) is 27.7 Å². The second-order valence-electron chi connectivity index (χ2n) is 6.28. The third-order valence-corrected chi connectivity index (χ3v) is 4.26. The van der Waals surface area contributed by atoms with E-state index in [9.17, 15) is 0 Å². The Bertz CT molecular complexity index is 122. The van der Waals surface area contributed by atoms with E-state index in [1.54, 1.807) is 11.8 Å². The molecule has 1 heteroatoms. The smallest absolute Gasteiger partial charge is 0 e. The molecule has 0 bridgehead atoms. The van der Waals surface area contributed by atoms with Gasteiger partial charge in [-0.1, -0.05) is 39.5 Å². The van der Waals surface area contributed by atoms with Crippen LogP contribution >= 0.6 is 0 Å². The monoisotopic (exact) mass is 311 g/mol. The molecule has 0 heterocycles. The van der Waals surface area contributed by atoms with E-state index in [4.69, 9.17) is 0 Å². The van der Waals surface area contributed by atoms with Gasteiger partial charge in [0, 0.05) is 32.7 Å². The van der Waals surface area contributed by atoms with Gasteiger partial charge in [0.25, 0.3) is 0 Å². The molecule has 2 aliphatic rings. The summed E-state index contributed by atoms with van der Waals surface area (Å²) in [6.07, 6.45) is 11.3. The van der Waals surface area contributed by atoms with Gasteiger partial charge in [0.15, 0.2) is 0 Å². The fourth-order valence-electron chi connectivity index (χ4n) is 2.51. The summed E-state index contributed by atoms with van der Waals surface area (Å²) in [5.74, 6) is 5.42. The van der Waals surface area contributed by atoms with Crippen LogP contribution in [0, 0.1) is 23.7 Å². The minimum absolute atomic E-state index is 0. The summed E-state index contributed by atoms with van der Waals surface area (Å²) in [7, 11) is 0. The summed E-state index contributed by atoms with van der Waals surface area (Å²) >= 11 is 0. The predicted octanol–water partition coefficient (Wildman–Crippen LogP) is 5.58. The first-order chi connectivity index (χ1) is 7.58. The van der Waals surface area contributed by atoms with Crippen molar-refractivity contribution in [2.75, 3.05) is 0 Å². The first-order valence-electron chi connectivity index (χ1n) is 7.20. The molecule has 1 radical (unpaired) electrons. The van der Waals surface area contributed by atoms with Crippen molar-refractivity contribution in [3.8, 4) is 0 Å². The normalized spacial score (nSPS) is 24.7. The molecule has 0 unspecified atom stereocenters. The van der Waals surface area contributed by atoms with Crippen LogP contribution in [-0.2, 0) is 32.7 Å². The molecule has 2 saturated carbocycles. The van der Waals surface area contributed by atoms with Crippen LogP contribution in [0.4, 0.5) is 0 Å². The zero-order valence-corrected chi connectivity index (χ0v) is 15.2. The van der Waals surface area contributed by atoms with Crippen molar-refractivity contribution in [3.63, 3.8) is 0 Å². The summed E-state index contributed by atoms with van der Waals surface area (Å²) in [5.41, 5.74) is 0. The van der Waals surface area contributed by atoms with Crippen LogP contribution in [0.2, 0.25) is 0 Å². The standard InChI is InChI=1S/2C8H15.Y/c2*1-7-3-5-8(2)6-4-7;/h2*7H,3-6H2,1-2H3;/q2*-1;. The Morgan fingerprint density at radius 2 is 0.882 bits per heavy atom. The van der Waals surface area contributed by atoms with Gasteiger partial charge in [0.1, 0.15) is 0 Å². The SMILES string of the molecule is C[C-]1CCC(C)CC1.C[C-]1CCC(C)CC1.[Y]. The molecule has 0 atom stereocenters. The van der Waals surface area contributed by atoms with E-state index in [-0.39, 0.29) is 32.7 Å². The van der Waals surface area contributed by atoms with Crippen molar-refractivity contribution in [1.29, 1.82) is 0 Å². The van der Waals surface area contributed by atoms with Crippen LogP contribution in [0.1, 0.15) is 79.1 Å². The molecule has 0 spiro atoms. The molecule has 0 aliphatic heterocycles. The van der Waals surface area contributed by atoms with Gasteiger partial charge in [0.05, 0.1) is 0 Å². The van der Waals surface area contributed by atoms with Crippen LogP contribution in [0.3, 0.4) is 0 Å². The molecule has 99 valence electrons. The zero-order chi connectivity index (χ0) is 12.0. The van der Waals surface area contributed by atoms with Crippen molar-refractivity contribution in [3.05, 3.63) is 11.8 Å². The molecule has 0 aromatic rings. The van der Waals surface area contributed by atoms with Gasteiger partial charge in [-0.3, -0.25) is 0 Å². The molecule has 0 nitrogen and oxygen atoms in total. The van der Waals surface area contributed by atoms with Crippen molar-refractivity contribution in [1.82, 2.24) is 0 Å². The number of rotatable bonds is 0. The summed E-state index contributed by atoms with van der Waals surface area (Å²) in [6.45, 7) is 9.27. The van der Waals surface area contributed by atoms with Crippen molar-refractivity contribution >= 4 is 0 Å². The van der Waals surface area contributed by atoms with E-state index in [0.29, 0.717) is 0 Å². The van der Waals surface area contributed by atoms with E-state index in [1.807, 2.05) is 0 Å². The average molecular weight is 311 g/mol. The second kappa shape index (κ2) is 9.96. The Morgan fingerprint density at radius 1 is 0.647 bits per heavy atom. The summed E-state index contributed by atoms with van der Waals surface area (Å²) in [4.78, 5) is 0. The fourth-order valence-corrected chi connectivity index (χ4v) is 2.51. The minimum Gasteiger partial charge on any atom is -0.317 e. The zero-order valence-electron chi connectivity index (χ0n) is 12.4. The molecule has 0 amide bonds. The molecular formula is C16H30Y-2. The van der Waals surface area contributed by atoms with E-state index < -0.39 is 0 Å². The maximum absolute atomic E-state index is 2.35. The molecule has 0 aromatic heterocycles. The first-order valence-corrected chi connectivity index (χ1v) is 7.20. The van der Waals surface area contributed by atoms with Crippen LogP contribution in [0.25, 0.3) is 0 Å². The Kier molecular flexibility index (Phi) is 10.6. The van der Waals surface area contributed by atoms with E-state index in [1.165, 1.54) is 51.4 Å². The average Bonchev–Trinajstić information content (AvgIpc) is 2.28. The van der Waals surface area contributed by atoms with E-state index in [0.717, 1.165) is 11.8 Å². The molecule has 2 rings (SSSR count). The maximum Gasteiger partial charge on any atom is 0 e. The fraction of sp³-hybridized carbons (Fsp3) is 0.875. The van der Waals surface area contributed by atoms with Gasteiger partial charge < -0.3 is 11.8 Å². The molecule has 2 aliphatic carbocycles. The van der Waals surface area contributed by atoms with Crippen LogP contribution < -0.4 is 0 Å². The Morgan fingerprint density at radius 3 is 1.06 bits per heavy atom. The van der Waals surface area contributed by atoms with Crippen LogP contribution in [-0.4, -0.2) is 0 Å². The maximum atomic E-state index is 2.35. The predicted molar refractivity (Wildman–Crippen MR) is 73.1 cm³/mol. The number of hydrogen-bond donors (Lipinski definition) is 0. The Labute approximate surface area is 135 Å². The quantitative estimate of drug-likeness (QED) is 0.512. The summed E-state index contributed by atoms with van der Waals surface area (Å²) in [5, 5.41) is 0. The summed E-state index contributed by atoms with van der Waals surface area (Å²) < 4.78 is 0. The van der Waals surface area contributed by atoms with Gasteiger partial charge in [-0.15, -0.1) is 0 Å². The second-order valence-corrected chi connectivity index (χ2v) is 6.28. The Hall–Kier alpha value is 1.10. The third-order valence-electron chi connectivity index (χ3n) is 4.26. The molecule has 17 heavy (non-hydrogen) atoms. The van der Waals surface area contributed by atoms with E-state index >= 15 is 0 Å². The Balaban J connectivity index is 0.000000284. The number of hydrogen-bond acceptors (Lipinski definition) is 0. The molecule has 0 saturated heterocycles. The van der Waals surface area contributed by atoms with Gasteiger partial charge in [0.2, 0.25) is 0 Å². The van der Waals surface area contributed by atoms with Crippen molar-refractivity contribution in [2.45, 2.75) is 79.1 Å². The molecule has 0 N–H and O–H groups in total. The van der Waals surface area contributed by atoms with Gasteiger partial charge in [-0.2, -0.15) is 39.5 Å². The van der Waals surface area contributed by atoms with Crippen LogP contribution in [0.5, 0.6) is 0 Å². The molecule has 2 fully saturated rings. The van der Waals surface area contributed by atoms with Gasteiger partial charge >= 0.3 is 0 Å². The largest absolute Gasteiger partial charge is 0.317 e. The van der Waals surface area contributed by atoms with Crippen LogP contribution in [0.15, 0.2) is 0 Å². The topological polar surface area (TPSA) is 0 Å². The van der Waals surface area contributed by atoms with Crippen molar-refractivity contribution in [2.24, 2.45) is 11.8 Å². The third kappa shape index (κ3) is 8.76. The van der Waals surface area contributed by atoms with Gasteiger partial charge in [-0.05, 0) is 11.8 Å². The van der Waals surface area contributed by atoms with Crippen molar-refractivity contribution < 1.29 is 32.7 Å². The molecular weight excluding hydrogens is 281 g/mol. The minimum atomic E-state index is 0.